The molecule has 9 heteroatoms. The number of hydrogen-bond donors (Lipinski definition) is 3. The molecule has 1 aromatic rings. The lowest BCUT2D eigenvalue weighted by Crippen LogP contribution is -2.58. The molecule has 0 aromatic heterocycles. The molecule has 2 amide bonds. The van der Waals surface area contributed by atoms with Gasteiger partial charge < -0.3 is 29.9 Å². The zero-order chi connectivity index (χ0) is 26.0. The van der Waals surface area contributed by atoms with E-state index in [2.05, 4.69) is 5.32 Å². The molecule has 1 heterocycles. The van der Waals surface area contributed by atoms with Crippen molar-refractivity contribution in [1.82, 2.24) is 10.2 Å². The number of carbonyl (C=O) groups is 3. The number of aldehydes is 1. The summed E-state index contributed by atoms with van der Waals surface area (Å²) in [5.74, 6) is -0.271. The molecule has 4 atom stereocenters. The van der Waals surface area contributed by atoms with Crippen LogP contribution >= 0.6 is 0 Å². The van der Waals surface area contributed by atoms with Gasteiger partial charge in [0, 0.05) is 35.7 Å². The Labute approximate surface area is 211 Å². The molecule has 2 aliphatic carbocycles. The third kappa shape index (κ3) is 4.86. The van der Waals surface area contributed by atoms with E-state index >= 15 is 0 Å². The summed E-state index contributed by atoms with van der Waals surface area (Å²) in [6.45, 7) is 3.80. The molecule has 36 heavy (non-hydrogen) atoms. The molecule has 3 N–H and O–H groups in total. The van der Waals surface area contributed by atoms with E-state index in [1.54, 1.807) is 23.1 Å². The maximum atomic E-state index is 13.5. The largest absolute Gasteiger partial charge is 0.493 e. The molecule has 0 spiro atoms. The van der Waals surface area contributed by atoms with Gasteiger partial charge in [-0.3, -0.25) is 14.4 Å². The minimum atomic E-state index is -1.10. The van der Waals surface area contributed by atoms with Gasteiger partial charge in [-0.05, 0) is 37.0 Å². The van der Waals surface area contributed by atoms with Gasteiger partial charge in [0.15, 0.2) is 11.5 Å². The van der Waals surface area contributed by atoms with Crippen LogP contribution in [0.3, 0.4) is 0 Å². The summed E-state index contributed by atoms with van der Waals surface area (Å²) >= 11 is 0. The topological polar surface area (TPSA) is 125 Å². The fourth-order valence-electron chi connectivity index (χ4n) is 5.78. The van der Waals surface area contributed by atoms with E-state index in [9.17, 15) is 24.6 Å². The van der Waals surface area contributed by atoms with Crippen molar-refractivity contribution in [3.05, 3.63) is 34.9 Å². The molecule has 3 aliphatic rings. The minimum Gasteiger partial charge on any atom is -0.493 e. The summed E-state index contributed by atoms with van der Waals surface area (Å²) < 4.78 is 11.7. The number of aliphatic hydroxyl groups is 2. The molecule has 0 bridgehead atoms. The monoisotopic (exact) mass is 500 g/mol. The van der Waals surface area contributed by atoms with Crippen molar-refractivity contribution in [3.63, 3.8) is 0 Å². The van der Waals surface area contributed by atoms with Crippen LogP contribution in [-0.2, 0) is 9.59 Å². The Morgan fingerprint density at radius 3 is 2.61 bits per heavy atom. The maximum absolute atomic E-state index is 13.5. The zero-order valence-corrected chi connectivity index (χ0v) is 21.1. The molecule has 1 aromatic carbocycles. The van der Waals surface area contributed by atoms with Crippen LogP contribution in [0.4, 0.5) is 0 Å². The van der Waals surface area contributed by atoms with Crippen molar-refractivity contribution in [3.8, 4) is 11.5 Å². The SMILES string of the molecule is COc1cc(C=O)cc2c1O[C@@H]1[C@@H](O)[C@H](N(C(=O)CC(C)C)C3CCCC3)C=C(C(=O)NCCO)[C@H]21. The normalized spacial score (nSPS) is 25.0. The summed E-state index contributed by atoms with van der Waals surface area (Å²) in [6, 6.07) is 2.43. The van der Waals surface area contributed by atoms with Gasteiger partial charge in [-0.25, -0.2) is 0 Å². The number of fused-ring (bicyclic) bond motifs is 3. The second-order valence-electron chi connectivity index (χ2n) is 10.2. The third-order valence-corrected chi connectivity index (χ3v) is 7.32. The predicted octanol–water partition coefficient (Wildman–Crippen LogP) is 1.95. The Morgan fingerprint density at radius 2 is 2.00 bits per heavy atom. The van der Waals surface area contributed by atoms with Crippen LogP contribution < -0.4 is 14.8 Å². The maximum Gasteiger partial charge on any atom is 0.247 e. The molecule has 4 rings (SSSR count). The molecule has 1 saturated carbocycles. The lowest BCUT2D eigenvalue weighted by Gasteiger charge is -2.43. The lowest BCUT2D eigenvalue weighted by molar-refractivity contribution is -0.141. The number of aliphatic hydroxyl groups excluding tert-OH is 2. The van der Waals surface area contributed by atoms with E-state index in [0.717, 1.165) is 25.7 Å². The van der Waals surface area contributed by atoms with Crippen LogP contribution in [0.25, 0.3) is 0 Å². The molecular formula is C27H36N2O7. The predicted molar refractivity (Wildman–Crippen MR) is 132 cm³/mol. The number of nitrogens with one attached hydrogen (secondary N) is 1. The van der Waals surface area contributed by atoms with Gasteiger partial charge in [-0.15, -0.1) is 0 Å². The molecule has 0 unspecified atom stereocenters. The Morgan fingerprint density at radius 1 is 1.28 bits per heavy atom. The van der Waals surface area contributed by atoms with Crippen LogP contribution in [0.2, 0.25) is 0 Å². The number of carbonyl (C=O) groups excluding carboxylic acids is 3. The molecule has 0 saturated heterocycles. The quantitative estimate of drug-likeness (QED) is 0.443. The van der Waals surface area contributed by atoms with E-state index in [0.29, 0.717) is 40.9 Å². The van der Waals surface area contributed by atoms with Crippen molar-refractivity contribution < 1.29 is 34.1 Å². The number of methoxy groups -OCH3 is 1. The number of amides is 2. The van der Waals surface area contributed by atoms with Gasteiger partial charge in [0.25, 0.3) is 0 Å². The fourth-order valence-corrected chi connectivity index (χ4v) is 5.78. The minimum absolute atomic E-state index is 0.0227. The van der Waals surface area contributed by atoms with E-state index in [-0.39, 0.29) is 31.0 Å². The van der Waals surface area contributed by atoms with E-state index in [1.807, 2.05) is 13.8 Å². The van der Waals surface area contributed by atoms with Gasteiger partial charge in [0.05, 0.1) is 25.7 Å². The molecule has 1 fully saturated rings. The van der Waals surface area contributed by atoms with Gasteiger partial charge >= 0.3 is 0 Å². The van der Waals surface area contributed by atoms with Gasteiger partial charge in [-0.1, -0.05) is 26.7 Å². The zero-order valence-electron chi connectivity index (χ0n) is 21.1. The Kier molecular flexibility index (Phi) is 8.00. The van der Waals surface area contributed by atoms with Crippen LogP contribution in [0.1, 0.15) is 67.8 Å². The van der Waals surface area contributed by atoms with E-state index < -0.39 is 30.1 Å². The molecule has 196 valence electrons. The van der Waals surface area contributed by atoms with Gasteiger partial charge in [-0.2, -0.15) is 0 Å². The van der Waals surface area contributed by atoms with Crippen molar-refractivity contribution in [1.29, 1.82) is 0 Å². The summed E-state index contributed by atoms with van der Waals surface area (Å²) in [7, 11) is 1.46. The molecular weight excluding hydrogens is 464 g/mol. The molecule has 9 nitrogen and oxygen atoms in total. The smallest absolute Gasteiger partial charge is 0.247 e. The van der Waals surface area contributed by atoms with E-state index in [1.165, 1.54) is 7.11 Å². The van der Waals surface area contributed by atoms with Crippen molar-refractivity contribution in [2.45, 2.75) is 76.2 Å². The Bertz CT molecular complexity index is 1030. The third-order valence-electron chi connectivity index (χ3n) is 7.32. The van der Waals surface area contributed by atoms with Gasteiger partial charge in [0.2, 0.25) is 11.8 Å². The Hall–Kier alpha value is -2.91. The van der Waals surface area contributed by atoms with Crippen LogP contribution in [0.15, 0.2) is 23.8 Å². The number of hydrogen-bond acceptors (Lipinski definition) is 7. The number of ether oxygens (including phenoxy) is 2. The first-order chi connectivity index (χ1) is 17.3. The second-order valence-corrected chi connectivity index (χ2v) is 10.2. The highest BCUT2D eigenvalue weighted by molar-refractivity contribution is 5.96. The highest BCUT2D eigenvalue weighted by Gasteiger charge is 2.52. The summed E-state index contributed by atoms with van der Waals surface area (Å²) in [5.41, 5.74) is 1.28. The van der Waals surface area contributed by atoms with E-state index in [4.69, 9.17) is 9.47 Å². The lowest BCUT2D eigenvalue weighted by atomic mass is 9.76. The summed E-state index contributed by atoms with van der Waals surface area (Å²) in [6.07, 6.45) is 4.48. The summed E-state index contributed by atoms with van der Waals surface area (Å²) in [5, 5.41) is 23.6. The molecule has 0 radical (unpaired) electrons. The number of benzene rings is 1. The second kappa shape index (κ2) is 11.0. The summed E-state index contributed by atoms with van der Waals surface area (Å²) in [4.78, 5) is 40.2. The highest BCUT2D eigenvalue weighted by atomic mass is 16.5. The number of rotatable bonds is 9. The molecule has 1 aliphatic heterocycles. The fraction of sp³-hybridized carbons (Fsp3) is 0.593. The average Bonchev–Trinajstić information content (AvgIpc) is 3.51. The van der Waals surface area contributed by atoms with Crippen molar-refractivity contribution in [2.75, 3.05) is 20.3 Å². The van der Waals surface area contributed by atoms with Crippen LogP contribution in [0, 0.1) is 5.92 Å². The van der Waals surface area contributed by atoms with Gasteiger partial charge in [0.1, 0.15) is 18.5 Å². The first-order valence-corrected chi connectivity index (χ1v) is 12.7. The van der Waals surface area contributed by atoms with Crippen molar-refractivity contribution >= 4 is 18.1 Å². The average molecular weight is 501 g/mol. The number of nitrogens with zero attached hydrogens (tertiary/aromatic N) is 1. The first kappa shape index (κ1) is 26.2. The van der Waals surface area contributed by atoms with Crippen molar-refractivity contribution in [2.24, 2.45) is 5.92 Å². The highest BCUT2D eigenvalue weighted by Crippen LogP contribution is 2.51. The standard InChI is InChI=1S/C27H36N2O7/c1-15(2)10-22(32)29(17-6-4-5-7-17)20-13-19(27(34)28-8-9-30)23-18-11-16(14-31)12-21(35-3)25(18)36-26(23)24(20)33/h11-15,17,20,23-24,26,30,33H,4-10H2,1-3H3,(H,28,34)/t20-,23+,24+,26+/m1/s1. The first-order valence-electron chi connectivity index (χ1n) is 12.7. The van der Waals surface area contributed by atoms with Crippen LogP contribution in [-0.4, -0.2) is 77.8 Å². The Balaban J connectivity index is 1.82. The van der Waals surface area contributed by atoms with Crippen LogP contribution in [0.5, 0.6) is 11.5 Å².